The van der Waals surface area contributed by atoms with Crippen LogP contribution < -0.4 is 10.2 Å². The first-order valence-corrected chi connectivity index (χ1v) is 6.92. The lowest BCUT2D eigenvalue weighted by atomic mass is 10.2. The van der Waals surface area contributed by atoms with E-state index in [2.05, 4.69) is 20.2 Å². The second-order valence-electron chi connectivity index (χ2n) is 3.90. The van der Waals surface area contributed by atoms with Crippen molar-refractivity contribution in [3.63, 3.8) is 0 Å². The van der Waals surface area contributed by atoms with Gasteiger partial charge in [0.2, 0.25) is 0 Å². The van der Waals surface area contributed by atoms with Crippen LogP contribution in [0.15, 0.2) is 17.4 Å². The van der Waals surface area contributed by atoms with Crippen molar-refractivity contribution in [2.75, 3.05) is 44.5 Å². The molecule has 0 bridgehead atoms. The van der Waals surface area contributed by atoms with Gasteiger partial charge in [0.1, 0.15) is 17.2 Å². The summed E-state index contributed by atoms with van der Waals surface area (Å²) in [5, 5.41) is 4.20. The molecule has 0 aliphatic carbocycles. The average molecular weight is 254 g/mol. The number of hydrogen-bond donors (Lipinski definition) is 1. The van der Waals surface area contributed by atoms with E-state index in [0.29, 0.717) is 6.04 Å². The molecule has 0 amide bonds. The maximum Gasteiger partial charge on any atom is 0.133 e. The Kier molecular flexibility index (Phi) is 4.58. The molecule has 0 spiro atoms. The van der Waals surface area contributed by atoms with E-state index in [1.807, 2.05) is 19.4 Å². The third-order valence-corrected chi connectivity index (χ3v) is 3.44. The van der Waals surface area contributed by atoms with Crippen LogP contribution in [0.2, 0.25) is 0 Å². The highest BCUT2D eigenvalue weighted by Crippen LogP contribution is 2.20. The van der Waals surface area contributed by atoms with Gasteiger partial charge in [-0.3, -0.25) is 0 Å². The first kappa shape index (κ1) is 12.6. The van der Waals surface area contributed by atoms with Crippen molar-refractivity contribution >= 4 is 17.6 Å². The summed E-state index contributed by atoms with van der Waals surface area (Å²) >= 11 is 1.64. The summed E-state index contributed by atoms with van der Waals surface area (Å²) in [5.74, 6) is 0.993. The van der Waals surface area contributed by atoms with E-state index >= 15 is 0 Å². The third-order valence-electron chi connectivity index (χ3n) is 2.80. The number of ether oxygens (including phenoxy) is 1. The first-order chi connectivity index (χ1) is 8.35. The topological polar surface area (TPSA) is 50.3 Å². The van der Waals surface area contributed by atoms with Gasteiger partial charge < -0.3 is 15.0 Å². The molecule has 0 radical (unpaired) electrons. The Morgan fingerprint density at radius 3 is 3.24 bits per heavy atom. The second kappa shape index (κ2) is 6.18. The molecule has 1 saturated heterocycles. The molecule has 1 aromatic heterocycles. The van der Waals surface area contributed by atoms with Crippen LogP contribution in [0.1, 0.15) is 0 Å². The van der Waals surface area contributed by atoms with Gasteiger partial charge >= 0.3 is 0 Å². The van der Waals surface area contributed by atoms with E-state index in [4.69, 9.17) is 4.74 Å². The van der Waals surface area contributed by atoms with Crippen LogP contribution in [0.5, 0.6) is 0 Å². The molecule has 1 aliphatic heterocycles. The Morgan fingerprint density at radius 2 is 2.47 bits per heavy atom. The van der Waals surface area contributed by atoms with Gasteiger partial charge in [-0.1, -0.05) is 0 Å². The van der Waals surface area contributed by atoms with Gasteiger partial charge in [-0.25, -0.2) is 9.97 Å². The first-order valence-electron chi connectivity index (χ1n) is 5.70. The molecule has 1 atom stereocenters. The van der Waals surface area contributed by atoms with E-state index in [1.54, 1.807) is 18.1 Å². The number of thioether (sulfide) groups is 1. The number of aromatic nitrogens is 2. The van der Waals surface area contributed by atoms with E-state index in [-0.39, 0.29) is 0 Å². The molecule has 6 heteroatoms. The summed E-state index contributed by atoms with van der Waals surface area (Å²) in [6.07, 6.45) is 3.66. The number of likely N-dealkylation sites (N-methyl/N-ethyl adjacent to an activating group) is 1. The summed E-state index contributed by atoms with van der Waals surface area (Å²) in [4.78, 5) is 10.9. The van der Waals surface area contributed by atoms with Gasteiger partial charge in [0.15, 0.2) is 0 Å². The van der Waals surface area contributed by atoms with E-state index in [9.17, 15) is 0 Å². The maximum absolute atomic E-state index is 5.51. The molecule has 0 saturated carbocycles. The molecular weight excluding hydrogens is 236 g/mol. The number of morpholine rings is 1. The zero-order valence-electron chi connectivity index (χ0n) is 10.2. The molecule has 0 aromatic carbocycles. The van der Waals surface area contributed by atoms with Gasteiger partial charge in [-0.2, -0.15) is 0 Å². The van der Waals surface area contributed by atoms with E-state index in [0.717, 1.165) is 37.1 Å². The molecule has 1 fully saturated rings. The molecule has 1 aromatic rings. The Balaban J connectivity index is 2.16. The smallest absolute Gasteiger partial charge is 0.133 e. The van der Waals surface area contributed by atoms with Crippen LogP contribution in [0.3, 0.4) is 0 Å². The standard InChI is InChI=1S/C11H18N4OS/c1-12-6-9-7-16-4-3-15(9)10-5-11(17-2)14-8-13-10/h5,8-9,12H,3-4,6-7H2,1-2H3. The van der Waals surface area contributed by atoms with Crippen molar-refractivity contribution < 1.29 is 4.74 Å². The Labute approximate surface area is 106 Å². The van der Waals surface area contributed by atoms with Gasteiger partial charge in [0, 0.05) is 19.2 Å². The highest BCUT2D eigenvalue weighted by Gasteiger charge is 2.23. The molecule has 2 rings (SSSR count). The van der Waals surface area contributed by atoms with Crippen LogP contribution in [0, 0.1) is 0 Å². The lowest BCUT2D eigenvalue weighted by Crippen LogP contribution is -2.50. The summed E-state index contributed by atoms with van der Waals surface area (Å²) in [6.45, 7) is 3.30. The van der Waals surface area contributed by atoms with E-state index < -0.39 is 0 Å². The van der Waals surface area contributed by atoms with Crippen molar-refractivity contribution in [2.45, 2.75) is 11.1 Å². The largest absolute Gasteiger partial charge is 0.377 e. The summed E-state index contributed by atoms with van der Waals surface area (Å²) in [6, 6.07) is 2.39. The normalized spacial score (nSPS) is 20.6. The van der Waals surface area contributed by atoms with Crippen LogP contribution in [0.4, 0.5) is 5.82 Å². The fourth-order valence-electron chi connectivity index (χ4n) is 1.96. The molecule has 1 unspecified atom stereocenters. The van der Waals surface area contributed by atoms with Gasteiger partial charge in [0.25, 0.3) is 0 Å². The molecule has 17 heavy (non-hydrogen) atoms. The van der Waals surface area contributed by atoms with Gasteiger partial charge in [-0.05, 0) is 13.3 Å². The van der Waals surface area contributed by atoms with Crippen molar-refractivity contribution in [2.24, 2.45) is 0 Å². The predicted molar refractivity (Wildman–Crippen MR) is 69.7 cm³/mol. The monoisotopic (exact) mass is 254 g/mol. The minimum absolute atomic E-state index is 0.346. The fraction of sp³-hybridized carbons (Fsp3) is 0.636. The fourth-order valence-corrected chi connectivity index (χ4v) is 2.34. The number of nitrogens with one attached hydrogen (secondary N) is 1. The lowest BCUT2D eigenvalue weighted by molar-refractivity contribution is 0.0939. The third kappa shape index (κ3) is 3.08. The molecule has 94 valence electrons. The van der Waals surface area contributed by atoms with Crippen LogP contribution >= 0.6 is 11.8 Å². The quantitative estimate of drug-likeness (QED) is 0.628. The van der Waals surface area contributed by atoms with Crippen molar-refractivity contribution in [1.82, 2.24) is 15.3 Å². The molecule has 1 N–H and O–H groups in total. The zero-order chi connectivity index (χ0) is 12.1. The lowest BCUT2D eigenvalue weighted by Gasteiger charge is -2.36. The summed E-state index contributed by atoms with van der Waals surface area (Å²) in [5.41, 5.74) is 0. The van der Waals surface area contributed by atoms with Gasteiger partial charge in [-0.15, -0.1) is 11.8 Å². The van der Waals surface area contributed by atoms with Gasteiger partial charge in [0.05, 0.1) is 19.3 Å². The number of nitrogens with zero attached hydrogens (tertiary/aromatic N) is 3. The Bertz CT molecular complexity index is 361. The van der Waals surface area contributed by atoms with Crippen LogP contribution in [-0.4, -0.2) is 55.6 Å². The molecule has 5 nitrogen and oxygen atoms in total. The number of rotatable bonds is 4. The second-order valence-corrected chi connectivity index (χ2v) is 4.72. The van der Waals surface area contributed by atoms with Crippen LogP contribution in [0.25, 0.3) is 0 Å². The Hall–Kier alpha value is -0.850. The molecule has 2 heterocycles. The Morgan fingerprint density at radius 1 is 1.59 bits per heavy atom. The zero-order valence-corrected chi connectivity index (χ0v) is 11.0. The highest BCUT2D eigenvalue weighted by molar-refractivity contribution is 7.98. The van der Waals surface area contributed by atoms with Crippen molar-refractivity contribution in [3.05, 3.63) is 12.4 Å². The minimum atomic E-state index is 0.346. The number of anilines is 1. The number of hydrogen-bond acceptors (Lipinski definition) is 6. The summed E-state index contributed by atoms with van der Waals surface area (Å²) < 4.78 is 5.51. The summed E-state index contributed by atoms with van der Waals surface area (Å²) in [7, 11) is 1.96. The molecular formula is C11H18N4OS. The predicted octanol–water partition coefficient (Wildman–Crippen LogP) is 0.623. The maximum atomic E-state index is 5.51. The van der Waals surface area contributed by atoms with E-state index in [1.165, 1.54) is 0 Å². The van der Waals surface area contributed by atoms with Crippen LogP contribution in [-0.2, 0) is 4.74 Å². The van der Waals surface area contributed by atoms with Crippen molar-refractivity contribution in [1.29, 1.82) is 0 Å². The molecule has 1 aliphatic rings. The highest BCUT2D eigenvalue weighted by atomic mass is 32.2. The minimum Gasteiger partial charge on any atom is -0.377 e. The van der Waals surface area contributed by atoms with Crippen molar-refractivity contribution in [3.8, 4) is 0 Å². The average Bonchev–Trinajstić information content (AvgIpc) is 2.40. The SMILES string of the molecule is CNCC1COCCN1c1cc(SC)ncn1.